The number of nitrogens with one attached hydrogen (secondary N) is 1. The van der Waals surface area contributed by atoms with Gasteiger partial charge in [-0.1, -0.05) is 6.92 Å². The Morgan fingerprint density at radius 1 is 1.09 bits per heavy atom. The zero-order chi connectivity index (χ0) is 16.2. The van der Waals surface area contributed by atoms with Gasteiger partial charge in [-0.2, -0.15) is 0 Å². The fourth-order valence-corrected chi connectivity index (χ4v) is 5.02. The van der Waals surface area contributed by atoms with E-state index in [1.165, 1.54) is 77.9 Å². The van der Waals surface area contributed by atoms with Gasteiger partial charge in [-0.3, -0.25) is 4.90 Å². The van der Waals surface area contributed by atoms with Gasteiger partial charge in [0.05, 0.1) is 0 Å². The molecule has 3 atom stereocenters. The summed E-state index contributed by atoms with van der Waals surface area (Å²) in [6.07, 6.45) is 6.88. The highest BCUT2D eigenvalue weighted by atomic mass is 15.2. The van der Waals surface area contributed by atoms with Crippen molar-refractivity contribution >= 4 is 0 Å². The minimum atomic E-state index is 0.764. The Morgan fingerprint density at radius 2 is 1.87 bits per heavy atom. The quantitative estimate of drug-likeness (QED) is 0.851. The maximum absolute atomic E-state index is 3.67. The van der Waals surface area contributed by atoms with Crippen molar-refractivity contribution < 1.29 is 0 Å². The first-order chi connectivity index (χ1) is 11.1. The van der Waals surface area contributed by atoms with Crippen molar-refractivity contribution in [3.8, 4) is 0 Å². The van der Waals surface area contributed by atoms with E-state index in [1.807, 2.05) is 0 Å². The summed E-state index contributed by atoms with van der Waals surface area (Å²) in [5, 5.41) is 3.67. The van der Waals surface area contributed by atoms with E-state index in [4.69, 9.17) is 0 Å². The van der Waals surface area contributed by atoms with E-state index >= 15 is 0 Å². The molecule has 0 aromatic rings. The van der Waals surface area contributed by atoms with Crippen LogP contribution in [0, 0.1) is 11.8 Å². The van der Waals surface area contributed by atoms with E-state index in [0.29, 0.717) is 0 Å². The minimum Gasteiger partial charge on any atom is -0.315 e. The van der Waals surface area contributed by atoms with Crippen LogP contribution < -0.4 is 5.32 Å². The van der Waals surface area contributed by atoms with Gasteiger partial charge in [-0.15, -0.1) is 0 Å². The molecule has 3 aliphatic rings. The molecule has 0 amide bonds. The number of hydrogen-bond acceptors (Lipinski definition) is 4. The van der Waals surface area contributed by atoms with E-state index in [0.717, 1.165) is 23.9 Å². The van der Waals surface area contributed by atoms with E-state index < -0.39 is 0 Å². The van der Waals surface area contributed by atoms with E-state index in [9.17, 15) is 0 Å². The molecule has 0 spiro atoms. The van der Waals surface area contributed by atoms with Gasteiger partial charge < -0.3 is 15.1 Å². The third-order valence-electron chi connectivity index (χ3n) is 6.58. The zero-order valence-electron chi connectivity index (χ0n) is 15.6. The average molecular weight is 323 g/mol. The Balaban J connectivity index is 1.55. The van der Waals surface area contributed by atoms with Crippen LogP contribution in [0.1, 0.15) is 39.0 Å². The Hall–Kier alpha value is -0.160. The molecule has 1 N–H and O–H groups in total. The Bertz CT molecular complexity index is 353. The molecular formula is C19H38N4. The van der Waals surface area contributed by atoms with Crippen LogP contribution >= 0.6 is 0 Å². The second-order valence-corrected chi connectivity index (χ2v) is 8.54. The number of nitrogens with zero attached hydrogens (tertiary/aromatic N) is 3. The molecule has 3 aliphatic heterocycles. The Labute approximate surface area is 143 Å². The van der Waals surface area contributed by atoms with Crippen LogP contribution in [-0.4, -0.2) is 86.7 Å². The van der Waals surface area contributed by atoms with Gasteiger partial charge >= 0.3 is 0 Å². The maximum Gasteiger partial charge on any atom is 0.0261 e. The van der Waals surface area contributed by atoms with Gasteiger partial charge in [0.2, 0.25) is 0 Å². The number of hydrogen-bond donors (Lipinski definition) is 1. The number of piperidine rings is 3. The second-order valence-electron chi connectivity index (χ2n) is 8.54. The lowest BCUT2D eigenvalue weighted by Gasteiger charge is -2.45. The van der Waals surface area contributed by atoms with Crippen LogP contribution in [0.15, 0.2) is 0 Å². The topological polar surface area (TPSA) is 21.8 Å². The fourth-order valence-electron chi connectivity index (χ4n) is 5.02. The third-order valence-corrected chi connectivity index (χ3v) is 6.58. The first-order valence-electron chi connectivity index (χ1n) is 9.97. The molecule has 4 heteroatoms. The largest absolute Gasteiger partial charge is 0.315 e. The van der Waals surface area contributed by atoms with Gasteiger partial charge in [0.1, 0.15) is 0 Å². The van der Waals surface area contributed by atoms with Crippen LogP contribution in [0.5, 0.6) is 0 Å². The normalized spacial score (nSPS) is 35.7. The minimum absolute atomic E-state index is 0.764. The highest BCUT2D eigenvalue weighted by Crippen LogP contribution is 2.26. The molecule has 3 saturated heterocycles. The number of rotatable bonds is 4. The average Bonchev–Trinajstić information content (AvgIpc) is 2.56. The van der Waals surface area contributed by atoms with Crippen molar-refractivity contribution in [1.82, 2.24) is 20.0 Å². The van der Waals surface area contributed by atoms with E-state index in [-0.39, 0.29) is 0 Å². The number of likely N-dealkylation sites (tertiary alicyclic amines) is 2. The molecule has 3 unspecified atom stereocenters. The first kappa shape index (κ1) is 17.7. The molecule has 0 bridgehead atoms. The first-order valence-corrected chi connectivity index (χ1v) is 9.97. The molecule has 3 fully saturated rings. The highest BCUT2D eigenvalue weighted by Gasteiger charge is 2.33. The molecule has 0 aliphatic carbocycles. The second kappa shape index (κ2) is 8.28. The monoisotopic (exact) mass is 322 g/mol. The van der Waals surface area contributed by atoms with Crippen LogP contribution in [0.3, 0.4) is 0 Å². The standard InChI is InChI=1S/C19H38N4/c1-16-5-4-10-23(14-16)19-13-20-9-6-17(19)15-22(3)18-7-11-21(2)12-8-18/h16-20H,4-15H2,1-3H3. The van der Waals surface area contributed by atoms with Crippen LogP contribution in [0.25, 0.3) is 0 Å². The summed E-state index contributed by atoms with van der Waals surface area (Å²) in [5.74, 6) is 1.74. The molecule has 0 saturated carbocycles. The van der Waals surface area contributed by atoms with Crippen LogP contribution in [-0.2, 0) is 0 Å². The molecular weight excluding hydrogens is 284 g/mol. The smallest absolute Gasteiger partial charge is 0.0261 e. The summed E-state index contributed by atoms with van der Waals surface area (Å²) < 4.78 is 0. The summed E-state index contributed by atoms with van der Waals surface area (Å²) in [5.41, 5.74) is 0. The molecule has 0 aromatic carbocycles. The van der Waals surface area contributed by atoms with Crippen molar-refractivity contribution in [3.63, 3.8) is 0 Å². The SMILES string of the molecule is CC1CCCN(C2CNCCC2CN(C)C2CCN(C)CC2)C1. The molecule has 0 aromatic heterocycles. The van der Waals surface area contributed by atoms with Crippen molar-refractivity contribution in [2.24, 2.45) is 11.8 Å². The highest BCUT2D eigenvalue weighted by molar-refractivity contribution is 4.90. The van der Waals surface area contributed by atoms with E-state index in [1.54, 1.807) is 0 Å². The predicted molar refractivity (Wildman–Crippen MR) is 97.9 cm³/mol. The lowest BCUT2D eigenvalue weighted by molar-refractivity contribution is 0.0457. The fraction of sp³-hybridized carbons (Fsp3) is 1.00. The third kappa shape index (κ3) is 4.68. The summed E-state index contributed by atoms with van der Waals surface area (Å²) >= 11 is 0. The van der Waals surface area contributed by atoms with E-state index in [2.05, 4.69) is 41.0 Å². The molecule has 23 heavy (non-hydrogen) atoms. The summed E-state index contributed by atoms with van der Waals surface area (Å²) in [4.78, 5) is 7.99. The van der Waals surface area contributed by atoms with Crippen LogP contribution in [0.2, 0.25) is 0 Å². The molecule has 3 rings (SSSR count). The molecule has 3 heterocycles. The molecule has 134 valence electrons. The summed E-state index contributed by atoms with van der Waals surface area (Å²) in [6, 6.07) is 1.57. The van der Waals surface area contributed by atoms with Crippen molar-refractivity contribution in [1.29, 1.82) is 0 Å². The van der Waals surface area contributed by atoms with Crippen molar-refractivity contribution in [2.45, 2.75) is 51.1 Å². The van der Waals surface area contributed by atoms with Gasteiger partial charge in [0.25, 0.3) is 0 Å². The van der Waals surface area contributed by atoms with Gasteiger partial charge in [-0.05, 0) is 84.2 Å². The Morgan fingerprint density at radius 3 is 2.61 bits per heavy atom. The predicted octanol–water partition coefficient (Wildman–Crippen LogP) is 1.72. The van der Waals surface area contributed by atoms with Gasteiger partial charge in [0.15, 0.2) is 0 Å². The molecule has 4 nitrogen and oxygen atoms in total. The lowest BCUT2D eigenvalue weighted by atomic mass is 9.87. The summed E-state index contributed by atoms with van der Waals surface area (Å²) in [7, 11) is 4.64. The zero-order valence-corrected chi connectivity index (χ0v) is 15.6. The van der Waals surface area contributed by atoms with Crippen LogP contribution in [0.4, 0.5) is 0 Å². The van der Waals surface area contributed by atoms with Gasteiger partial charge in [0, 0.05) is 31.7 Å². The molecule has 0 radical (unpaired) electrons. The van der Waals surface area contributed by atoms with Gasteiger partial charge in [-0.25, -0.2) is 0 Å². The summed E-state index contributed by atoms with van der Waals surface area (Å²) in [6.45, 7) is 11.3. The lowest BCUT2D eigenvalue weighted by Crippen LogP contribution is -2.56. The van der Waals surface area contributed by atoms with Crippen molar-refractivity contribution in [3.05, 3.63) is 0 Å². The van der Waals surface area contributed by atoms with Crippen molar-refractivity contribution in [2.75, 3.05) is 59.9 Å². The maximum atomic E-state index is 3.67. The Kier molecular flexibility index (Phi) is 6.36.